The Labute approximate surface area is 106 Å². The first-order valence-electron chi connectivity index (χ1n) is 6.58. The van der Waals surface area contributed by atoms with Crippen LogP contribution in [0.4, 0.5) is 0 Å². The van der Waals surface area contributed by atoms with Crippen molar-refractivity contribution in [1.82, 2.24) is 9.80 Å². The molecule has 1 saturated heterocycles. The van der Waals surface area contributed by atoms with Crippen molar-refractivity contribution < 1.29 is 5.11 Å². The van der Waals surface area contributed by atoms with Gasteiger partial charge >= 0.3 is 0 Å². The molecular formula is C13H29N3O. The third-order valence-corrected chi connectivity index (χ3v) is 4.06. The zero-order valence-corrected chi connectivity index (χ0v) is 12.0. The van der Waals surface area contributed by atoms with E-state index in [1.807, 2.05) is 0 Å². The molecule has 0 amide bonds. The number of nitrogens with two attached hydrogens (primary N) is 1. The van der Waals surface area contributed by atoms with E-state index in [9.17, 15) is 5.11 Å². The average Bonchev–Trinajstić information content (AvgIpc) is 2.23. The van der Waals surface area contributed by atoms with Gasteiger partial charge < -0.3 is 15.7 Å². The molecule has 1 rings (SSSR count). The Bertz CT molecular complexity index is 239. The van der Waals surface area contributed by atoms with E-state index in [0.717, 1.165) is 19.6 Å². The second-order valence-corrected chi connectivity index (χ2v) is 6.47. The van der Waals surface area contributed by atoms with Crippen LogP contribution in [0.1, 0.15) is 27.7 Å². The first kappa shape index (κ1) is 14.9. The van der Waals surface area contributed by atoms with E-state index < -0.39 is 0 Å². The van der Waals surface area contributed by atoms with Crippen molar-refractivity contribution in [3.63, 3.8) is 0 Å². The highest BCUT2D eigenvalue weighted by molar-refractivity contribution is 4.92. The molecule has 0 aliphatic carbocycles. The third-order valence-electron chi connectivity index (χ3n) is 4.06. The zero-order chi connectivity index (χ0) is 13.2. The van der Waals surface area contributed by atoms with Gasteiger partial charge in [-0.05, 0) is 19.4 Å². The molecule has 0 radical (unpaired) electrons. The van der Waals surface area contributed by atoms with Crippen LogP contribution in [0.5, 0.6) is 0 Å². The van der Waals surface area contributed by atoms with E-state index in [4.69, 9.17) is 5.73 Å². The fraction of sp³-hybridized carbons (Fsp3) is 1.00. The van der Waals surface area contributed by atoms with Gasteiger partial charge in [-0.3, -0.25) is 4.90 Å². The lowest BCUT2D eigenvalue weighted by molar-refractivity contribution is 0.0187. The quantitative estimate of drug-likeness (QED) is 0.751. The fourth-order valence-corrected chi connectivity index (χ4v) is 2.41. The minimum atomic E-state index is 0.00288. The molecular weight excluding hydrogens is 214 g/mol. The number of aliphatic hydroxyl groups is 1. The molecule has 1 aliphatic rings. The van der Waals surface area contributed by atoms with Crippen LogP contribution in [0.15, 0.2) is 0 Å². The van der Waals surface area contributed by atoms with Gasteiger partial charge in [0.05, 0.1) is 6.61 Å². The van der Waals surface area contributed by atoms with E-state index in [0.29, 0.717) is 6.04 Å². The molecule has 0 aromatic heterocycles. The lowest BCUT2D eigenvalue weighted by atomic mass is 9.82. The summed E-state index contributed by atoms with van der Waals surface area (Å²) in [6, 6.07) is 0.610. The Balaban J connectivity index is 2.68. The van der Waals surface area contributed by atoms with Gasteiger partial charge in [-0.25, -0.2) is 0 Å². The van der Waals surface area contributed by atoms with Gasteiger partial charge in [-0.2, -0.15) is 0 Å². The van der Waals surface area contributed by atoms with Gasteiger partial charge in [0.2, 0.25) is 0 Å². The van der Waals surface area contributed by atoms with Crippen molar-refractivity contribution in [3.8, 4) is 0 Å². The molecule has 17 heavy (non-hydrogen) atoms. The monoisotopic (exact) mass is 243 g/mol. The maximum absolute atomic E-state index is 9.63. The van der Waals surface area contributed by atoms with E-state index in [-0.39, 0.29) is 24.1 Å². The molecule has 1 aliphatic heterocycles. The van der Waals surface area contributed by atoms with Crippen molar-refractivity contribution in [2.45, 2.75) is 45.8 Å². The number of rotatable bonds is 3. The van der Waals surface area contributed by atoms with Crippen molar-refractivity contribution in [2.24, 2.45) is 11.1 Å². The Morgan fingerprint density at radius 2 is 1.94 bits per heavy atom. The molecule has 3 N–H and O–H groups in total. The van der Waals surface area contributed by atoms with Crippen molar-refractivity contribution in [2.75, 3.05) is 33.3 Å². The molecule has 4 heteroatoms. The second kappa shape index (κ2) is 5.65. The number of hydrogen-bond donors (Lipinski definition) is 2. The topological polar surface area (TPSA) is 52.7 Å². The lowest BCUT2D eigenvalue weighted by Crippen LogP contribution is -2.61. The summed E-state index contributed by atoms with van der Waals surface area (Å²) in [4.78, 5) is 4.70. The fourth-order valence-electron chi connectivity index (χ4n) is 2.41. The third kappa shape index (κ3) is 3.65. The predicted molar refractivity (Wildman–Crippen MR) is 72.0 cm³/mol. The van der Waals surface area contributed by atoms with Gasteiger partial charge in [0, 0.05) is 37.8 Å². The zero-order valence-electron chi connectivity index (χ0n) is 12.0. The molecule has 102 valence electrons. The van der Waals surface area contributed by atoms with Crippen LogP contribution < -0.4 is 5.73 Å². The van der Waals surface area contributed by atoms with E-state index in [2.05, 4.69) is 44.5 Å². The second-order valence-electron chi connectivity index (χ2n) is 6.47. The molecule has 0 bridgehead atoms. The van der Waals surface area contributed by atoms with Gasteiger partial charge in [0.25, 0.3) is 0 Å². The van der Waals surface area contributed by atoms with Crippen LogP contribution in [0, 0.1) is 5.41 Å². The van der Waals surface area contributed by atoms with Gasteiger partial charge in [-0.15, -0.1) is 0 Å². The lowest BCUT2D eigenvalue weighted by Gasteiger charge is -2.45. The summed E-state index contributed by atoms with van der Waals surface area (Å²) in [6.45, 7) is 11.8. The molecule has 3 atom stereocenters. The number of piperazine rings is 1. The van der Waals surface area contributed by atoms with Crippen LogP contribution in [-0.4, -0.2) is 66.3 Å². The summed E-state index contributed by atoms with van der Waals surface area (Å²) >= 11 is 0. The van der Waals surface area contributed by atoms with E-state index in [1.165, 1.54) is 0 Å². The summed E-state index contributed by atoms with van der Waals surface area (Å²) in [6.07, 6.45) is 0. The molecule has 1 heterocycles. The summed E-state index contributed by atoms with van der Waals surface area (Å²) < 4.78 is 0. The van der Waals surface area contributed by atoms with Crippen LogP contribution >= 0.6 is 0 Å². The summed E-state index contributed by atoms with van der Waals surface area (Å²) in [5.41, 5.74) is 6.33. The summed E-state index contributed by atoms with van der Waals surface area (Å²) in [5, 5.41) is 9.63. The highest BCUT2D eigenvalue weighted by Gasteiger charge is 2.35. The van der Waals surface area contributed by atoms with E-state index in [1.54, 1.807) is 0 Å². The number of hydrogen-bond acceptors (Lipinski definition) is 4. The normalized spacial score (nSPS) is 28.1. The van der Waals surface area contributed by atoms with Crippen LogP contribution in [-0.2, 0) is 0 Å². The average molecular weight is 243 g/mol. The maximum Gasteiger partial charge on any atom is 0.0602 e. The molecule has 1 fully saturated rings. The Morgan fingerprint density at radius 3 is 2.35 bits per heavy atom. The summed E-state index contributed by atoms with van der Waals surface area (Å²) in [7, 11) is 2.15. The number of likely N-dealkylation sites (N-methyl/N-ethyl adjacent to an activating group) is 1. The van der Waals surface area contributed by atoms with Crippen molar-refractivity contribution in [1.29, 1.82) is 0 Å². The molecule has 0 spiro atoms. The highest BCUT2D eigenvalue weighted by atomic mass is 16.3. The van der Waals surface area contributed by atoms with Crippen LogP contribution in [0.3, 0.4) is 0 Å². The van der Waals surface area contributed by atoms with Crippen molar-refractivity contribution >= 4 is 0 Å². The Kier molecular flexibility index (Phi) is 4.95. The molecule has 4 nitrogen and oxygen atoms in total. The van der Waals surface area contributed by atoms with Crippen LogP contribution in [0.25, 0.3) is 0 Å². The highest BCUT2D eigenvalue weighted by Crippen LogP contribution is 2.24. The van der Waals surface area contributed by atoms with Crippen LogP contribution in [0.2, 0.25) is 0 Å². The first-order chi connectivity index (χ1) is 7.77. The largest absolute Gasteiger partial charge is 0.395 e. The van der Waals surface area contributed by atoms with Crippen molar-refractivity contribution in [3.05, 3.63) is 0 Å². The first-order valence-corrected chi connectivity index (χ1v) is 6.58. The minimum Gasteiger partial charge on any atom is -0.395 e. The Morgan fingerprint density at radius 1 is 1.35 bits per heavy atom. The molecule has 0 aromatic carbocycles. The smallest absolute Gasteiger partial charge is 0.0602 e. The molecule has 0 aromatic rings. The van der Waals surface area contributed by atoms with Gasteiger partial charge in [0.15, 0.2) is 0 Å². The van der Waals surface area contributed by atoms with Gasteiger partial charge in [-0.1, -0.05) is 20.8 Å². The standard InChI is InChI=1S/C13H29N3O/c1-10-8-16(7-6-15(10)5)11(9-17)12(14)13(2,3)4/h10-12,17H,6-9,14H2,1-5H3. The predicted octanol–water partition coefficient (Wildman–Crippen LogP) is 0.357. The summed E-state index contributed by atoms with van der Waals surface area (Å²) in [5.74, 6) is 0. The number of nitrogens with zero attached hydrogens (tertiary/aromatic N) is 2. The molecule has 3 unspecified atom stereocenters. The van der Waals surface area contributed by atoms with Gasteiger partial charge in [0.1, 0.15) is 0 Å². The van der Waals surface area contributed by atoms with E-state index >= 15 is 0 Å². The SMILES string of the molecule is CC1CN(C(CO)C(N)C(C)(C)C)CCN1C. The Hall–Kier alpha value is -0.160. The minimum absolute atomic E-state index is 0.00288. The molecule has 0 saturated carbocycles. The number of aliphatic hydroxyl groups excluding tert-OH is 1. The maximum atomic E-state index is 9.63.